The molecule has 0 atom stereocenters. The second kappa shape index (κ2) is 6.32. The molecule has 0 saturated heterocycles. The first kappa shape index (κ1) is 14.9. The summed E-state index contributed by atoms with van der Waals surface area (Å²) in [6, 6.07) is 11.3. The molecule has 0 aliphatic heterocycles. The second-order valence-electron chi connectivity index (χ2n) is 4.44. The highest BCUT2D eigenvalue weighted by atomic mass is 32.1. The minimum Gasteiger partial charge on any atom is -0.389 e. The molecule has 0 saturated carbocycles. The Bertz CT molecular complexity index is 703. The predicted molar refractivity (Wildman–Crippen MR) is 86.3 cm³/mol. The summed E-state index contributed by atoms with van der Waals surface area (Å²) in [5.74, 6) is -0.562. The van der Waals surface area contributed by atoms with E-state index in [0.29, 0.717) is 16.9 Å². The zero-order valence-electron chi connectivity index (χ0n) is 11.3. The van der Waals surface area contributed by atoms with E-state index >= 15 is 0 Å². The predicted octanol–water partition coefficient (Wildman–Crippen LogP) is 3.16. The molecule has 0 radical (unpaired) electrons. The first-order chi connectivity index (χ1) is 9.95. The maximum absolute atomic E-state index is 13.3. The van der Waals surface area contributed by atoms with E-state index in [2.05, 4.69) is 10.6 Å². The largest absolute Gasteiger partial charge is 0.389 e. The Morgan fingerprint density at radius 1 is 1.19 bits per heavy atom. The second-order valence-corrected chi connectivity index (χ2v) is 4.88. The van der Waals surface area contributed by atoms with E-state index in [1.807, 2.05) is 6.07 Å². The van der Waals surface area contributed by atoms with Gasteiger partial charge in [0.05, 0.1) is 0 Å². The molecule has 0 unspecified atom stereocenters. The lowest BCUT2D eigenvalue weighted by atomic mass is 10.1. The van der Waals surface area contributed by atoms with Crippen molar-refractivity contribution in [1.82, 2.24) is 0 Å². The summed E-state index contributed by atoms with van der Waals surface area (Å²) in [4.78, 5) is 11.2. The van der Waals surface area contributed by atoms with Crippen LogP contribution in [0.3, 0.4) is 0 Å². The van der Waals surface area contributed by atoms with Crippen LogP contribution in [0.25, 0.3) is 0 Å². The Morgan fingerprint density at radius 3 is 2.57 bits per heavy atom. The van der Waals surface area contributed by atoms with E-state index < -0.39 is 5.82 Å². The molecule has 0 aliphatic rings. The summed E-state index contributed by atoms with van der Waals surface area (Å²) in [5, 5.41) is 5.80. The van der Waals surface area contributed by atoms with Crippen molar-refractivity contribution >= 4 is 40.2 Å². The first-order valence-electron chi connectivity index (χ1n) is 6.20. The summed E-state index contributed by atoms with van der Waals surface area (Å²) >= 11 is 4.92. The van der Waals surface area contributed by atoms with Gasteiger partial charge in [0.15, 0.2) is 0 Å². The van der Waals surface area contributed by atoms with Crippen molar-refractivity contribution in [2.45, 2.75) is 6.92 Å². The minimum absolute atomic E-state index is 0.106. The highest BCUT2D eigenvalue weighted by Gasteiger charge is 2.07. The molecular weight excluding hydrogens is 289 g/mol. The third-order valence-electron chi connectivity index (χ3n) is 2.71. The van der Waals surface area contributed by atoms with Crippen LogP contribution in [0.1, 0.15) is 12.5 Å². The summed E-state index contributed by atoms with van der Waals surface area (Å²) < 4.78 is 13.3. The average molecular weight is 303 g/mol. The van der Waals surface area contributed by atoms with Gasteiger partial charge in [0.2, 0.25) is 5.91 Å². The third kappa shape index (κ3) is 4.00. The van der Waals surface area contributed by atoms with Crippen molar-refractivity contribution in [3.8, 4) is 0 Å². The quantitative estimate of drug-likeness (QED) is 0.759. The number of carbonyl (C=O) groups is 1. The zero-order valence-corrected chi connectivity index (χ0v) is 12.1. The van der Waals surface area contributed by atoms with Crippen LogP contribution in [0.4, 0.5) is 21.5 Å². The zero-order chi connectivity index (χ0) is 15.4. The summed E-state index contributed by atoms with van der Waals surface area (Å²) in [6.07, 6.45) is 0. The minimum atomic E-state index is -0.407. The van der Waals surface area contributed by atoms with Crippen molar-refractivity contribution in [1.29, 1.82) is 0 Å². The van der Waals surface area contributed by atoms with Crippen LogP contribution in [-0.4, -0.2) is 10.9 Å². The molecule has 21 heavy (non-hydrogen) atoms. The van der Waals surface area contributed by atoms with Crippen molar-refractivity contribution in [2.24, 2.45) is 5.73 Å². The molecule has 108 valence electrons. The van der Waals surface area contributed by atoms with Gasteiger partial charge in [-0.25, -0.2) is 4.39 Å². The molecule has 0 aromatic heterocycles. The van der Waals surface area contributed by atoms with Gasteiger partial charge in [-0.05, 0) is 36.4 Å². The Labute approximate surface area is 127 Å². The average Bonchev–Trinajstić information content (AvgIpc) is 2.40. The van der Waals surface area contributed by atoms with Gasteiger partial charge in [-0.2, -0.15) is 0 Å². The monoisotopic (exact) mass is 303 g/mol. The topological polar surface area (TPSA) is 67.2 Å². The van der Waals surface area contributed by atoms with E-state index in [0.717, 1.165) is 5.69 Å². The Hall–Kier alpha value is -2.47. The molecule has 0 fully saturated rings. The lowest BCUT2D eigenvalue weighted by Gasteiger charge is -2.12. The summed E-state index contributed by atoms with van der Waals surface area (Å²) in [5.41, 5.74) is 8.01. The molecular formula is C15H14FN3OS. The summed E-state index contributed by atoms with van der Waals surface area (Å²) in [6.45, 7) is 1.44. The summed E-state index contributed by atoms with van der Waals surface area (Å²) in [7, 11) is 0. The molecule has 1 amide bonds. The van der Waals surface area contributed by atoms with Crippen molar-refractivity contribution in [3.05, 3.63) is 53.8 Å². The standard InChI is InChI=1S/C15H14FN3OS/c1-9(20)18-11-3-2-4-12(8-11)19-14-6-5-10(16)7-13(14)15(17)21/h2-8,19H,1H3,(H2,17,21)(H,18,20). The van der Waals surface area contributed by atoms with Crippen molar-refractivity contribution in [2.75, 3.05) is 10.6 Å². The maximum atomic E-state index is 13.3. The highest BCUT2D eigenvalue weighted by Crippen LogP contribution is 2.24. The highest BCUT2D eigenvalue weighted by molar-refractivity contribution is 7.80. The van der Waals surface area contributed by atoms with Gasteiger partial charge in [-0.15, -0.1) is 0 Å². The Morgan fingerprint density at radius 2 is 1.90 bits per heavy atom. The van der Waals surface area contributed by atoms with Gasteiger partial charge >= 0.3 is 0 Å². The normalized spacial score (nSPS) is 10.0. The Balaban J connectivity index is 2.30. The van der Waals surface area contributed by atoms with Gasteiger partial charge in [0.1, 0.15) is 10.8 Å². The van der Waals surface area contributed by atoms with E-state index in [4.69, 9.17) is 18.0 Å². The third-order valence-corrected chi connectivity index (χ3v) is 2.93. The number of anilines is 3. The van der Waals surface area contributed by atoms with Crippen molar-refractivity contribution in [3.63, 3.8) is 0 Å². The van der Waals surface area contributed by atoms with Gasteiger partial charge in [-0.1, -0.05) is 18.3 Å². The van der Waals surface area contributed by atoms with Crippen LogP contribution >= 0.6 is 12.2 Å². The molecule has 2 aromatic rings. The molecule has 0 heterocycles. The fourth-order valence-electron chi connectivity index (χ4n) is 1.86. The number of hydrogen-bond acceptors (Lipinski definition) is 3. The number of benzene rings is 2. The lowest BCUT2D eigenvalue weighted by Crippen LogP contribution is -2.12. The van der Waals surface area contributed by atoms with Crippen LogP contribution in [0.15, 0.2) is 42.5 Å². The van der Waals surface area contributed by atoms with Gasteiger partial charge in [-0.3, -0.25) is 4.79 Å². The SMILES string of the molecule is CC(=O)Nc1cccc(Nc2ccc(F)cc2C(N)=S)c1. The molecule has 4 nitrogen and oxygen atoms in total. The number of halogens is 1. The number of nitrogens with one attached hydrogen (secondary N) is 2. The van der Waals surface area contributed by atoms with E-state index in [9.17, 15) is 9.18 Å². The maximum Gasteiger partial charge on any atom is 0.221 e. The lowest BCUT2D eigenvalue weighted by molar-refractivity contribution is -0.114. The molecule has 4 N–H and O–H groups in total. The molecule has 2 rings (SSSR count). The molecule has 0 spiro atoms. The number of amides is 1. The number of nitrogens with two attached hydrogens (primary N) is 1. The van der Waals surface area contributed by atoms with Crippen LogP contribution in [0, 0.1) is 5.82 Å². The fourth-order valence-corrected chi connectivity index (χ4v) is 2.03. The molecule has 0 aliphatic carbocycles. The van der Waals surface area contributed by atoms with Gasteiger partial charge in [0, 0.05) is 29.5 Å². The number of carbonyl (C=O) groups excluding carboxylic acids is 1. The Kier molecular flexibility index (Phi) is 4.49. The van der Waals surface area contributed by atoms with Crippen LogP contribution in [0.5, 0.6) is 0 Å². The fraction of sp³-hybridized carbons (Fsp3) is 0.0667. The molecule has 0 bridgehead atoms. The van der Waals surface area contributed by atoms with Crippen LogP contribution in [-0.2, 0) is 4.79 Å². The first-order valence-corrected chi connectivity index (χ1v) is 6.60. The van der Waals surface area contributed by atoms with Gasteiger partial charge < -0.3 is 16.4 Å². The van der Waals surface area contributed by atoms with Crippen LogP contribution in [0.2, 0.25) is 0 Å². The number of thiocarbonyl (C=S) groups is 1. The number of rotatable bonds is 4. The van der Waals surface area contributed by atoms with Crippen LogP contribution < -0.4 is 16.4 Å². The van der Waals surface area contributed by atoms with E-state index in [1.165, 1.54) is 19.1 Å². The van der Waals surface area contributed by atoms with E-state index in [-0.39, 0.29) is 10.9 Å². The van der Waals surface area contributed by atoms with Crippen molar-refractivity contribution < 1.29 is 9.18 Å². The van der Waals surface area contributed by atoms with E-state index in [1.54, 1.807) is 24.3 Å². The molecule has 6 heteroatoms. The van der Waals surface area contributed by atoms with Gasteiger partial charge in [0.25, 0.3) is 0 Å². The number of hydrogen-bond donors (Lipinski definition) is 3. The smallest absolute Gasteiger partial charge is 0.221 e. The molecule has 2 aromatic carbocycles.